The number of hydrogen-bond acceptors (Lipinski definition) is 10. The second-order valence-corrected chi connectivity index (χ2v) is 18.9. The van der Waals surface area contributed by atoms with E-state index in [9.17, 15) is 4.79 Å². The molecule has 2 aliphatic heterocycles. The summed E-state index contributed by atoms with van der Waals surface area (Å²) in [7, 11) is 0. The van der Waals surface area contributed by atoms with E-state index < -0.39 is 0 Å². The van der Waals surface area contributed by atoms with E-state index in [0.29, 0.717) is 43.8 Å². The van der Waals surface area contributed by atoms with Crippen LogP contribution in [0.2, 0.25) is 0 Å². The Bertz CT molecular complexity index is 2130. The summed E-state index contributed by atoms with van der Waals surface area (Å²) in [6.07, 6.45) is 4.39. The maximum absolute atomic E-state index is 13.4. The molecule has 0 radical (unpaired) electrons. The molecule has 10 heteroatoms. The average Bonchev–Trinajstić information content (AvgIpc) is 3.54. The second-order valence-electron chi connectivity index (χ2n) is 18.9. The minimum atomic E-state index is -0.271. The van der Waals surface area contributed by atoms with Crippen LogP contribution in [-0.4, -0.2) is 65.8 Å². The molecular weight excluding hydrogens is 773 g/mol. The lowest BCUT2D eigenvalue weighted by Crippen LogP contribution is -2.32. The van der Waals surface area contributed by atoms with E-state index in [2.05, 4.69) is 71.0 Å². The fraction of sp³-hybridized carbons (Fsp3) is 0.510. The van der Waals surface area contributed by atoms with E-state index in [1.807, 2.05) is 43.3 Å². The van der Waals surface area contributed by atoms with Crippen LogP contribution in [0.25, 0.3) is 0 Å². The van der Waals surface area contributed by atoms with Gasteiger partial charge in [-0.05, 0) is 138 Å². The third kappa shape index (κ3) is 9.95. The molecule has 1 spiro atoms. The maximum Gasteiger partial charge on any atom is 0.311 e. The van der Waals surface area contributed by atoms with Gasteiger partial charge in [-0.1, -0.05) is 64.1 Å². The van der Waals surface area contributed by atoms with Crippen LogP contribution in [0.4, 0.5) is 0 Å². The summed E-state index contributed by atoms with van der Waals surface area (Å²) in [5, 5.41) is 0. The SMILES string of the molecule is Cc1cc2c(cc1OOCCCc1ccc(OCOCC3COC3)cc1)C1(CC2(C)C)CC(C)(C)c2cc(C)c(OC(=O)CCc3ccc(OCOCC4COC4)cc3)cc21. The van der Waals surface area contributed by atoms with Crippen molar-refractivity contribution >= 4 is 5.97 Å². The zero-order valence-corrected chi connectivity index (χ0v) is 36.8. The topological polar surface area (TPSA) is 100 Å². The quantitative estimate of drug-likeness (QED) is 0.0214. The van der Waals surface area contributed by atoms with Crippen molar-refractivity contribution in [3.05, 3.63) is 117 Å². The van der Waals surface area contributed by atoms with Gasteiger partial charge in [0.15, 0.2) is 19.3 Å². The number of ether oxygens (including phenoxy) is 7. The van der Waals surface area contributed by atoms with Gasteiger partial charge in [-0.3, -0.25) is 4.79 Å². The Morgan fingerprint density at radius 2 is 1.13 bits per heavy atom. The van der Waals surface area contributed by atoms with Crippen LogP contribution in [-0.2, 0) is 57.7 Å². The van der Waals surface area contributed by atoms with Crippen molar-refractivity contribution in [1.82, 2.24) is 0 Å². The van der Waals surface area contributed by atoms with Crippen molar-refractivity contribution < 1.29 is 47.7 Å². The molecule has 0 bridgehead atoms. The minimum absolute atomic E-state index is 0.0724. The predicted octanol–water partition coefficient (Wildman–Crippen LogP) is 9.43. The normalized spacial score (nSPS) is 19.8. The fourth-order valence-corrected chi connectivity index (χ4v) is 9.55. The lowest BCUT2D eigenvalue weighted by atomic mass is 9.72. The zero-order valence-electron chi connectivity index (χ0n) is 36.8. The molecule has 4 aliphatic rings. The highest BCUT2D eigenvalue weighted by molar-refractivity contribution is 5.74. The number of carbonyl (C=O) groups is 1. The monoisotopic (exact) mass is 834 g/mol. The van der Waals surface area contributed by atoms with Gasteiger partial charge in [0.1, 0.15) is 17.2 Å². The highest BCUT2D eigenvalue weighted by Crippen LogP contribution is 2.64. The highest BCUT2D eigenvalue weighted by Gasteiger charge is 2.56. The summed E-state index contributed by atoms with van der Waals surface area (Å²) in [5.74, 6) is 3.59. The Balaban J connectivity index is 0.880. The minimum Gasteiger partial charge on any atom is -0.468 e. The van der Waals surface area contributed by atoms with Crippen LogP contribution in [0.5, 0.6) is 23.0 Å². The van der Waals surface area contributed by atoms with E-state index in [1.54, 1.807) is 0 Å². The predicted molar refractivity (Wildman–Crippen MR) is 232 cm³/mol. The number of carbonyl (C=O) groups excluding carboxylic acids is 1. The molecular formula is C51H62O10. The van der Waals surface area contributed by atoms with E-state index in [0.717, 1.165) is 86.0 Å². The number of benzene rings is 4. The van der Waals surface area contributed by atoms with Crippen LogP contribution in [0, 0.1) is 25.7 Å². The Morgan fingerprint density at radius 3 is 1.64 bits per heavy atom. The highest BCUT2D eigenvalue weighted by atomic mass is 17.2. The smallest absolute Gasteiger partial charge is 0.311 e. The zero-order chi connectivity index (χ0) is 42.6. The number of fused-ring (bicyclic) bond motifs is 4. The molecule has 326 valence electrons. The lowest BCUT2D eigenvalue weighted by molar-refractivity contribution is -0.207. The van der Waals surface area contributed by atoms with E-state index in [-0.39, 0.29) is 42.2 Å². The summed E-state index contributed by atoms with van der Waals surface area (Å²) in [6, 6.07) is 24.8. The second kappa shape index (κ2) is 18.5. The van der Waals surface area contributed by atoms with Crippen LogP contribution in [0.1, 0.15) is 97.9 Å². The van der Waals surface area contributed by atoms with Crippen molar-refractivity contribution in [3.8, 4) is 23.0 Å². The van der Waals surface area contributed by atoms with Gasteiger partial charge in [-0.25, -0.2) is 0 Å². The molecule has 2 fully saturated rings. The third-order valence-electron chi connectivity index (χ3n) is 12.9. The molecule has 10 nitrogen and oxygen atoms in total. The van der Waals surface area contributed by atoms with E-state index >= 15 is 0 Å². The van der Waals surface area contributed by atoms with Gasteiger partial charge < -0.3 is 38.0 Å². The molecule has 0 amide bonds. The summed E-state index contributed by atoms with van der Waals surface area (Å²) in [6.45, 7) is 18.8. The molecule has 2 saturated heterocycles. The van der Waals surface area contributed by atoms with Gasteiger partial charge >= 0.3 is 5.97 Å². The molecule has 1 atom stereocenters. The van der Waals surface area contributed by atoms with Crippen molar-refractivity contribution in [2.45, 2.75) is 96.3 Å². The van der Waals surface area contributed by atoms with Crippen molar-refractivity contribution in [3.63, 3.8) is 0 Å². The fourth-order valence-electron chi connectivity index (χ4n) is 9.55. The number of aryl methyl sites for hydroxylation is 4. The standard InChI is InChI=1S/C51H62O10/c1-34-20-42-44(22-46(34)60-48(52)18-13-37-11-16-41(17-12-37)58-33-56-29-39-26-54-27-39)51(30-49(42,3)4)31-50(5,6)43-21-35(2)47(23-45(43)51)61-59-19-7-8-36-9-14-40(15-10-36)57-32-55-28-38-24-53-25-38/h9-12,14-17,20-23,38-39H,7-8,13,18-19,24-33H2,1-6H3. The molecule has 0 aromatic heterocycles. The van der Waals surface area contributed by atoms with Gasteiger partial charge in [-0.2, -0.15) is 4.89 Å². The van der Waals surface area contributed by atoms with Gasteiger partial charge in [0, 0.05) is 23.7 Å². The Kier molecular flexibility index (Phi) is 13.1. The average molecular weight is 835 g/mol. The van der Waals surface area contributed by atoms with Gasteiger partial charge in [0.2, 0.25) is 0 Å². The summed E-state index contributed by atoms with van der Waals surface area (Å²) >= 11 is 0. The van der Waals surface area contributed by atoms with Crippen LogP contribution in [0.3, 0.4) is 0 Å². The van der Waals surface area contributed by atoms with E-state index in [1.165, 1.54) is 27.8 Å². The van der Waals surface area contributed by atoms with Gasteiger partial charge in [0.25, 0.3) is 0 Å². The summed E-state index contributed by atoms with van der Waals surface area (Å²) in [4.78, 5) is 25.3. The summed E-state index contributed by atoms with van der Waals surface area (Å²) in [5.41, 5.74) is 8.99. The van der Waals surface area contributed by atoms with Crippen molar-refractivity contribution in [2.24, 2.45) is 11.8 Å². The van der Waals surface area contributed by atoms with Crippen molar-refractivity contribution in [1.29, 1.82) is 0 Å². The molecule has 61 heavy (non-hydrogen) atoms. The van der Waals surface area contributed by atoms with Crippen LogP contribution < -0.4 is 19.1 Å². The number of rotatable bonds is 20. The lowest BCUT2D eigenvalue weighted by Gasteiger charge is -2.30. The molecule has 1 unspecified atom stereocenters. The Hall–Kier alpha value is -4.45. The molecule has 0 N–H and O–H groups in total. The van der Waals surface area contributed by atoms with E-state index in [4.69, 9.17) is 42.9 Å². The molecule has 8 rings (SSSR count). The Labute approximate surface area is 361 Å². The largest absolute Gasteiger partial charge is 0.468 e. The summed E-state index contributed by atoms with van der Waals surface area (Å²) < 4.78 is 39.2. The molecule has 4 aromatic carbocycles. The Morgan fingerprint density at radius 1 is 0.639 bits per heavy atom. The first kappa shape index (κ1) is 43.2. The van der Waals surface area contributed by atoms with Crippen LogP contribution in [0.15, 0.2) is 72.8 Å². The number of esters is 1. The molecule has 2 aliphatic carbocycles. The van der Waals surface area contributed by atoms with Gasteiger partial charge in [0.05, 0.1) is 46.2 Å². The van der Waals surface area contributed by atoms with Gasteiger partial charge in [-0.15, -0.1) is 0 Å². The molecule has 0 saturated carbocycles. The third-order valence-corrected chi connectivity index (χ3v) is 12.9. The first-order valence-electron chi connectivity index (χ1n) is 21.9. The molecule has 2 heterocycles. The number of hydrogen-bond donors (Lipinski definition) is 0. The van der Waals surface area contributed by atoms with Crippen molar-refractivity contribution in [2.75, 3.05) is 59.8 Å². The first-order valence-corrected chi connectivity index (χ1v) is 21.9. The molecule has 4 aromatic rings. The first-order chi connectivity index (χ1) is 29.4. The van der Waals surface area contributed by atoms with Crippen LogP contribution >= 0.6 is 0 Å². The maximum atomic E-state index is 13.4.